The minimum Gasteiger partial charge on any atom is -0.368 e. The van der Waals surface area contributed by atoms with Crippen LogP contribution in [-0.4, -0.2) is 115 Å². The third-order valence-corrected chi connectivity index (χ3v) is 10.2. The van der Waals surface area contributed by atoms with Crippen LogP contribution in [0.4, 0.5) is 30.4 Å². The summed E-state index contributed by atoms with van der Waals surface area (Å²) < 4.78 is 41.2. The lowest BCUT2D eigenvalue weighted by Gasteiger charge is -2.55. The average molecular weight is 654 g/mol. The largest absolute Gasteiger partial charge is 0.416 e. The number of fused-ring (bicyclic) bond motifs is 2. The monoisotopic (exact) mass is 653 g/mol. The number of carbonyl (C=O) groups is 3. The molecule has 4 aliphatic heterocycles. The lowest BCUT2D eigenvalue weighted by Crippen LogP contribution is -2.71. The Balaban J connectivity index is 1.22. The second kappa shape index (κ2) is 12.2. The summed E-state index contributed by atoms with van der Waals surface area (Å²) in [6, 6.07) is 6.59. The van der Waals surface area contributed by atoms with Gasteiger partial charge in [0.25, 0.3) is 0 Å². The number of pyridine rings is 1. The van der Waals surface area contributed by atoms with Gasteiger partial charge in [0, 0.05) is 84.0 Å². The second-order valence-electron chi connectivity index (χ2n) is 13.5. The number of hydrogen-bond acceptors (Lipinski definition) is 7. The maximum absolute atomic E-state index is 14.1. The lowest BCUT2D eigenvalue weighted by molar-refractivity contribution is -0.141. The molecule has 3 fully saturated rings. The summed E-state index contributed by atoms with van der Waals surface area (Å²) in [6.45, 7) is 16.0. The highest BCUT2D eigenvalue weighted by atomic mass is 19.4. The van der Waals surface area contributed by atoms with Gasteiger partial charge < -0.3 is 14.7 Å². The topological polar surface area (TPSA) is 83.5 Å². The van der Waals surface area contributed by atoms with Crippen molar-refractivity contribution in [2.75, 3.05) is 80.7 Å². The molecule has 2 aromatic rings. The zero-order valence-electron chi connectivity index (χ0n) is 27.4. The van der Waals surface area contributed by atoms with E-state index < -0.39 is 29.6 Å². The molecule has 1 aromatic carbocycles. The first-order valence-corrected chi connectivity index (χ1v) is 16.1. The van der Waals surface area contributed by atoms with Gasteiger partial charge in [-0.3, -0.25) is 29.1 Å². The number of rotatable bonds is 6. The van der Waals surface area contributed by atoms with E-state index in [0.717, 1.165) is 56.1 Å². The van der Waals surface area contributed by atoms with Crippen LogP contribution >= 0.6 is 0 Å². The Labute approximate surface area is 273 Å². The molecule has 0 spiro atoms. The van der Waals surface area contributed by atoms with E-state index in [1.807, 2.05) is 30.0 Å². The van der Waals surface area contributed by atoms with E-state index in [-0.39, 0.29) is 35.3 Å². The molecule has 4 aliphatic rings. The Morgan fingerprint density at radius 3 is 2.45 bits per heavy atom. The Bertz CT molecular complexity index is 1580. The van der Waals surface area contributed by atoms with Gasteiger partial charge in [0.2, 0.25) is 17.7 Å². The van der Waals surface area contributed by atoms with Crippen LogP contribution < -0.4 is 14.7 Å². The van der Waals surface area contributed by atoms with Gasteiger partial charge >= 0.3 is 6.18 Å². The fourth-order valence-electron chi connectivity index (χ4n) is 7.74. The highest BCUT2D eigenvalue weighted by Gasteiger charge is 2.50. The molecule has 0 unspecified atom stereocenters. The maximum Gasteiger partial charge on any atom is 0.416 e. The van der Waals surface area contributed by atoms with E-state index in [4.69, 9.17) is 0 Å². The van der Waals surface area contributed by atoms with Crippen molar-refractivity contribution < 1.29 is 27.6 Å². The number of alkyl halides is 3. The van der Waals surface area contributed by atoms with Crippen LogP contribution in [0.1, 0.15) is 30.2 Å². The van der Waals surface area contributed by atoms with Crippen molar-refractivity contribution in [1.82, 2.24) is 19.7 Å². The van der Waals surface area contributed by atoms with Crippen LogP contribution in [0.5, 0.6) is 0 Å². The van der Waals surface area contributed by atoms with E-state index in [1.54, 1.807) is 7.05 Å². The second-order valence-corrected chi connectivity index (χ2v) is 13.5. The van der Waals surface area contributed by atoms with Crippen molar-refractivity contribution in [1.29, 1.82) is 0 Å². The number of aromatic nitrogens is 1. The number of carbonyl (C=O) groups excluding carboxylic acids is 3. The van der Waals surface area contributed by atoms with Crippen LogP contribution in [-0.2, 0) is 20.6 Å². The zero-order chi connectivity index (χ0) is 33.8. The Morgan fingerprint density at radius 1 is 1.09 bits per heavy atom. The van der Waals surface area contributed by atoms with Crippen LogP contribution in [0.15, 0.2) is 43.0 Å². The van der Waals surface area contributed by atoms with Gasteiger partial charge in [0.1, 0.15) is 11.9 Å². The Morgan fingerprint density at radius 2 is 1.79 bits per heavy atom. The number of amides is 3. The molecule has 2 atom stereocenters. The molecule has 0 N–H and O–H groups in total. The quantitative estimate of drug-likeness (QED) is 0.443. The smallest absolute Gasteiger partial charge is 0.368 e. The van der Waals surface area contributed by atoms with E-state index >= 15 is 0 Å². The molecule has 1 aromatic heterocycles. The molecule has 0 bridgehead atoms. The third kappa shape index (κ3) is 6.11. The summed E-state index contributed by atoms with van der Waals surface area (Å²) >= 11 is 0. The molecular formula is C34H42F3N7O3. The maximum atomic E-state index is 14.1. The standard InChI is InChI=1S/C34H42F3N7O3/c1-6-28(45)42-20-33(4,21-42)43-14-11-40(12-15-43)10-13-41-19-24-17-29(46)44(27-18-25(34(35,36)37)16-23(3)38-27)31(24)32(47)39(5)26-9-7-8-22(2)30(26)41/h6-9,16,18,24,31H,1,10-15,17,19-21H2,2-5H3/t24-,31+/m1/s1. The number of aryl methyl sites for hydroxylation is 2. The minimum absolute atomic E-state index is 0.0293. The number of nitrogens with zero attached hydrogens (tertiary/aromatic N) is 7. The highest BCUT2D eigenvalue weighted by Crippen LogP contribution is 2.41. The van der Waals surface area contributed by atoms with E-state index in [0.29, 0.717) is 31.9 Å². The minimum atomic E-state index is -4.62. The predicted molar refractivity (Wildman–Crippen MR) is 173 cm³/mol. The molecule has 3 saturated heterocycles. The number of likely N-dealkylation sites (tertiary alicyclic amines) is 1. The van der Waals surface area contributed by atoms with Gasteiger partial charge in [-0.1, -0.05) is 18.7 Å². The first kappa shape index (κ1) is 33.0. The summed E-state index contributed by atoms with van der Waals surface area (Å²) in [6.07, 6.45) is -3.23. The van der Waals surface area contributed by atoms with Crippen LogP contribution in [0.3, 0.4) is 0 Å². The molecule has 252 valence electrons. The van der Waals surface area contributed by atoms with Crippen LogP contribution in [0.2, 0.25) is 0 Å². The Hall–Kier alpha value is -3.97. The summed E-state index contributed by atoms with van der Waals surface area (Å²) in [5.74, 6) is -1.39. The molecule has 0 saturated carbocycles. The van der Waals surface area contributed by atoms with Crippen molar-refractivity contribution in [3.05, 3.63) is 59.8 Å². The molecule has 6 rings (SSSR count). The first-order chi connectivity index (χ1) is 22.2. The average Bonchev–Trinajstić information content (AvgIpc) is 3.34. The summed E-state index contributed by atoms with van der Waals surface area (Å²) in [4.78, 5) is 55.6. The van der Waals surface area contributed by atoms with Gasteiger partial charge in [-0.25, -0.2) is 4.98 Å². The van der Waals surface area contributed by atoms with Gasteiger partial charge in [-0.15, -0.1) is 0 Å². The van der Waals surface area contributed by atoms with Crippen LogP contribution in [0, 0.1) is 19.8 Å². The molecule has 3 amide bonds. The van der Waals surface area contributed by atoms with Crippen molar-refractivity contribution in [3.63, 3.8) is 0 Å². The number of likely N-dealkylation sites (N-methyl/N-ethyl adjacent to an activating group) is 1. The molecule has 0 radical (unpaired) electrons. The van der Waals surface area contributed by atoms with Gasteiger partial charge in [0.15, 0.2) is 0 Å². The fourth-order valence-corrected chi connectivity index (χ4v) is 7.74. The Kier molecular flexibility index (Phi) is 8.58. The first-order valence-electron chi connectivity index (χ1n) is 16.1. The zero-order valence-corrected chi connectivity index (χ0v) is 27.4. The molecular weight excluding hydrogens is 611 g/mol. The van der Waals surface area contributed by atoms with Crippen LogP contribution in [0.25, 0.3) is 0 Å². The number of anilines is 3. The van der Waals surface area contributed by atoms with E-state index in [9.17, 15) is 27.6 Å². The SMILES string of the molecule is C=CC(=O)N1CC(C)(N2CCN(CCN3C[C@H]4CC(=O)N(c5cc(C(F)(F)F)cc(C)n5)[C@@H]4C(=O)N(C)c4cccc(C)c43)CC2)C1. The number of hydrogen-bond donors (Lipinski definition) is 0. The summed E-state index contributed by atoms with van der Waals surface area (Å²) in [5.41, 5.74) is 1.80. The fraction of sp³-hybridized carbons (Fsp3) is 0.529. The van der Waals surface area contributed by atoms with Gasteiger partial charge in [-0.05, 0) is 50.6 Å². The normalized spacial score (nSPS) is 23.6. The number of halogens is 3. The predicted octanol–water partition coefficient (Wildman–Crippen LogP) is 3.33. The van der Waals surface area contributed by atoms with Crippen molar-refractivity contribution in [2.24, 2.45) is 5.92 Å². The number of piperazine rings is 1. The molecule has 5 heterocycles. The van der Waals surface area contributed by atoms with Crippen molar-refractivity contribution in [3.8, 4) is 0 Å². The van der Waals surface area contributed by atoms with Gasteiger partial charge in [0.05, 0.1) is 22.5 Å². The molecule has 13 heteroatoms. The number of benzene rings is 1. The van der Waals surface area contributed by atoms with E-state index in [2.05, 4.69) is 33.2 Å². The van der Waals surface area contributed by atoms with Crippen molar-refractivity contribution in [2.45, 2.75) is 44.9 Å². The molecule has 47 heavy (non-hydrogen) atoms. The summed E-state index contributed by atoms with van der Waals surface area (Å²) in [5, 5.41) is 0. The molecule has 0 aliphatic carbocycles. The lowest BCUT2D eigenvalue weighted by atomic mass is 9.89. The highest BCUT2D eigenvalue weighted by molar-refractivity contribution is 6.10. The molecule has 10 nitrogen and oxygen atoms in total. The van der Waals surface area contributed by atoms with Gasteiger partial charge in [-0.2, -0.15) is 13.2 Å². The summed E-state index contributed by atoms with van der Waals surface area (Å²) in [7, 11) is 1.66. The van der Waals surface area contributed by atoms with E-state index in [1.165, 1.54) is 22.8 Å². The van der Waals surface area contributed by atoms with Crippen molar-refractivity contribution >= 4 is 34.9 Å². The third-order valence-electron chi connectivity index (χ3n) is 10.2. The number of para-hydroxylation sites is 1.